The molecule has 0 unspecified atom stereocenters. The van der Waals surface area contributed by atoms with Crippen LogP contribution in [0.3, 0.4) is 0 Å². The summed E-state index contributed by atoms with van der Waals surface area (Å²) in [5.74, 6) is 0.577. The second-order valence-corrected chi connectivity index (χ2v) is 6.14. The Labute approximate surface area is 150 Å². The van der Waals surface area contributed by atoms with Crippen LogP contribution in [0.1, 0.15) is 18.4 Å². The molecule has 0 aliphatic carbocycles. The number of carbonyl (C=O) groups is 1. The summed E-state index contributed by atoms with van der Waals surface area (Å²) in [6.45, 7) is 1.44. The largest absolute Gasteiger partial charge is 0.444 e. The lowest BCUT2D eigenvalue weighted by molar-refractivity contribution is 0.146. The van der Waals surface area contributed by atoms with Crippen LogP contribution in [0.15, 0.2) is 53.1 Å². The third-order valence-electron chi connectivity index (χ3n) is 3.39. The van der Waals surface area contributed by atoms with Crippen molar-refractivity contribution in [2.24, 2.45) is 0 Å². The summed E-state index contributed by atoms with van der Waals surface area (Å²) < 4.78 is 11.4. The summed E-state index contributed by atoms with van der Waals surface area (Å²) in [5, 5.41) is 0. The Morgan fingerprint density at radius 2 is 1.96 bits per heavy atom. The van der Waals surface area contributed by atoms with Gasteiger partial charge >= 0.3 is 6.09 Å². The molecule has 0 saturated heterocycles. The van der Waals surface area contributed by atoms with E-state index in [2.05, 4.69) is 20.9 Å². The lowest BCUT2D eigenvalue weighted by Crippen LogP contribution is -2.33. The van der Waals surface area contributed by atoms with Crippen molar-refractivity contribution < 1.29 is 14.3 Å². The molecule has 24 heavy (non-hydrogen) atoms. The molecule has 1 heterocycles. The number of amides is 1. The predicted octanol–water partition coefficient (Wildman–Crippen LogP) is 4.41. The molecular formula is C18H21BrN2O3. The molecule has 0 bridgehead atoms. The van der Waals surface area contributed by atoms with Crippen molar-refractivity contribution in [3.8, 4) is 0 Å². The highest BCUT2D eigenvalue weighted by atomic mass is 79.9. The van der Waals surface area contributed by atoms with Gasteiger partial charge in [-0.15, -0.1) is 0 Å². The van der Waals surface area contributed by atoms with Crippen LogP contribution in [-0.4, -0.2) is 31.3 Å². The van der Waals surface area contributed by atoms with Crippen LogP contribution in [-0.2, 0) is 16.1 Å². The zero-order valence-electron chi connectivity index (χ0n) is 13.7. The molecule has 0 radical (unpaired) electrons. The summed E-state index contributed by atoms with van der Waals surface area (Å²) in [7, 11) is 1.67. The van der Waals surface area contributed by atoms with Gasteiger partial charge in [-0.2, -0.15) is 0 Å². The predicted molar refractivity (Wildman–Crippen MR) is 97.0 cm³/mol. The average Bonchev–Trinajstić information content (AvgIpc) is 2.62. The number of rotatable bonds is 8. The quantitative estimate of drug-likeness (QED) is 0.624. The second-order valence-electron chi connectivity index (χ2n) is 5.23. The van der Waals surface area contributed by atoms with E-state index in [1.165, 1.54) is 0 Å². The van der Waals surface area contributed by atoms with Crippen LogP contribution in [0, 0.1) is 0 Å². The number of aromatic nitrogens is 1. The fourth-order valence-corrected chi connectivity index (χ4v) is 2.38. The lowest BCUT2D eigenvalue weighted by Gasteiger charge is -2.21. The molecule has 2 rings (SSSR count). The van der Waals surface area contributed by atoms with Gasteiger partial charge in [-0.3, -0.25) is 4.90 Å². The second kappa shape index (κ2) is 10.1. The number of unbranched alkanes of at least 4 members (excludes halogenated alkanes) is 1. The number of hydrogen-bond donors (Lipinski definition) is 0. The van der Waals surface area contributed by atoms with Gasteiger partial charge in [0.15, 0.2) is 0 Å². The number of halogens is 1. The summed E-state index contributed by atoms with van der Waals surface area (Å²) in [6.07, 6.45) is 2.95. The number of ether oxygens (including phenoxy) is 2. The molecule has 0 saturated carbocycles. The van der Waals surface area contributed by atoms with Crippen LogP contribution in [0.4, 0.5) is 10.6 Å². The molecule has 2 aromatic rings. The zero-order chi connectivity index (χ0) is 17.2. The summed E-state index contributed by atoms with van der Waals surface area (Å²) in [6, 6.07) is 13.3. The fourth-order valence-electron chi connectivity index (χ4n) is 2.14. The third-order valence-corrected chi connectivity index (χ3v) is 3.86. The number of hydrogen-bond acceptors (Lipinski definition) is 4. The molecule has 1 amide bonds. The van der Waals surface area contributed by atoms with E-state index in [1.54, 1.807) is 24.3 Å². The van der Waals surface area contributed by atoms with Crippen LogP contribution in [0.25, 0.3) is 0 Å². The number of carbonyl (C=O) groups excluding carboxylic acids is 1. The van der Waals surface area contributed by atoms with Gasteiger partial charge in [-0.25, -0.2) is 9.78 Å². The Bertz CT molecular complexity index is 620. The molecule has 128 valence electrons. The van der Waals surface area contributed by atoms with Crippen molar-refractivity contribution in [1.82, 2.24) is 4.98 Å². The van der Waals surface area contributed by atoms with Crippen LogP contribution in [0.5, 0.6) is 0 Å². The van der Waals surface area contributed by atoms with Gasteiger partial charge in [0, 0.05) is 30.9 Å². The van der Waals surface area contributed by atoms with Crippen molar-refractivity contribution in [2.75, 3.05) is 25.2 Å². The SMILES string of the molecule is COCCCCN(C(=O)OCc1ccccc1)c1ccc(Br)cn1. The number of anilines is 1. The van der Waals surface area contributed by atoms with Gasteiger partial charge in [-0.1, -0.05) is 30.3 Å². The number of nitrogens with zero attached hydrogens (tertiary/aromatic N) is 2. The van der Waals surface area contributed by atoms with Crippen molar-refractivity contribution >= 4 is 27.8 Å². The van der Waals surface area contributed by atoms with Gasteiger partial charge in [0.1, 0.15) is 12.4 Å². The highest BCUT2D eigenvalue weighted by molar-refractivity contribution is 9.10. The average molecular weight is 393 g/mol. The van der Waals surface area contributed by atoms with E-state index in [0.29, 0.717) is 19.0 Å². The van der Waals surface area contributed by atoms with Crippen LogP contribution >= 0.6 is 15.9 Å². The molecular weight excluding hydrogens is 372 g/mol. The summed E-state index contributed by atoms with van der Waals surface area (Å²) in [4.78, 5) is 18.3. The Morgan fingerprint density at radius 3 is 2.62 bits per heavy atom. The van der Waals surface area contributed by atoms with Gasteiger partial charge in [-0.05, 0) is 46.5 Å². The van der Waals surface area contributed by atoms with Crippen LogP contribution < -0.4 is 4.90 Å². The lowest BCUT2D eigenvalue weighted by atomic mass is 10.2. The highest BCUT2D eigenvalue weighted by Gasteiger charge is 2.18. The first-order chi connectivity index (χ1) is 11.7. The minimum atomic E-state index is -0.397. The molecule has 6 heteroatoms. The maximum atomic E-state index is 12.5. The van der Waals surface area contributed by atoms with Crippen LogP contribution in [0.2, 0.25) is 0 Å². The zero-order valence-corrected chi connectivity index (χ0v) is 15.2. The normalized spacial score (nSPS) is 10.4. The Balaban J connectivity index is 2.00. The summed E-state index contributed by atoms with van der Waals surface area (Å²) >= 11 is 3.35. The Morgan fingerprint density at radius 1 is 1.17 bits per heavy atom. The molecule has 0 aliphatic heterocycles. The molecule has 1 aromatic heterocycles. The van der Waals surface area contributed by atoms with E-state index in [-0.39, 0.29) is 6.61 Å². The van der Waals surface area contributed by atoms with Crippen molar-refractivity contribution in [2.45, 2.75) is 19.4 Å². The molecule has 5 nitrogen and oxygen atoms in total. The first-order valence-electron chi connectivity index (χ1n) is 7.79. The number of methoxy groups -OCH3 is 1. The van der Waals surface area contributed by atoms with Gasteiger partial charge in [0.2, 0.25) is 0 Å². The minimum Gasteiger partial charge on any atom is -0.444 e. The van der Waals surface area contributed by atoms with Gasteiger partial charge in [0.05, 0.1) is 0 Å². The third kappa shape index (κ3) is 5.94. The Kier molecular flexibility index (Phi) is 7.71. The molecule has 1 aromatic carbocycles. The molecule has 0 aliphatic rings. The van der Waals surface area contributed by atoms with Gasteiger partial charge < -0.3 is 9.47 Å². The minimum absolute atomic E-state index is 0.241. The van der Waals surface area contributed by atoms with E-state index in [4.69, 9.17) is 9.47 Å². The van der Waals surface area contributed by atoms with E-state index >= 15 is 0 Å². The van der Waals surface area contributed by atoms with E-state index in [9.17, 15) is 4.79 Å². The smallest absolute Gasteiger partial charge is 0.415 e. The van der Waals surface area contributed by atoms with E-state index < -0.39 is 6.09 Å². The topological polar surface area (TPSA) is 51.7 Å². The monoisotopic (exact) mass is 392 g/mol. The van der Waals surface area contributed by atoms with Crippen molar-refractivity contribution in [3.05, 3.63) is 58.7 Å². The fraction of sp³-hybridized carbons (Fsp3) is 0.333. The number of benzene rings is 1. The van der Waals surface area contributed by atoms with Gasteiger partial charge in [0.25, 0.3) is 0 Å². The van der Waals surface area contributed by atoms with E-state index in [1.807, 2.05) is 36.4 Å². The molecule has 0 spiro atoms. The Hall–Kier alpha value is -1.92. The highest BCUT2D eigenvalue weighted by Crippen LogP contribution is 2.17. The maximum Gasteiger partial charge on any atom is 0.415 e. The first-order valence-corrected chi connectivity index (χ1v) is 8.58. The molecule has 0 atom stereocenters. The molecule has 0 fully saturated rings. The van der Waals surface area contributed by atoms with E-state index in [0.717, 1.165) is 22.9 Å². The first kappa shape index (κ1) is 18.4. The maximum absolute atomic E-state index is 12.5. The van der Waals surface area contributed by atoms with Crippen molar-refractivity contribution in [3.63, 3.8) is 0 Å². The summed E-state index contributed by atoms with van der Waals surface area (Å²) in [5.41, 5.74) is 0.953. The van der Waals surface area contributed by atoms with Crippen molar-refractivity contribution in [1.29, 1.82) is 0 Å². The number of pyridine rings is 1. The standard InChI is InChI=1S/C18H21BrN2O3/c1-23-12-6-5-11-21(17-10-9-16(19)13-20-17)18(22)24-14-15-7-3-2-4-8-15/h2-4,7-10,13H,5-6,11-12,14H2,1H3. The molecule has 0 N–H and O–H groups in total.